The molecule has 0 aromatic heterocycles. The molecule has 0 amide bonds. The summed E-state index contributed by atoms with van der Waals surface area (Å²) >= 11 is 0. The summed E-state index contributed by atoms with van der Waals surface area (Å²) in [6, 6.07) is 18.3. The van der Waals surface area contributed by atoms with E-state index in [4.69, 9.17) is 0 Å². The van der Waals surface area contributed by atoms with Crippen LogP contribution in [0.5, 0.6) is 0 Å². The van der Waals surface area contributed by atoms with Gasteiger partial charge in [0.25, 0.3) is 0 Å². The van der Waals surface area contributed by atoms with Gasteiger partial charge in [0, 0.05) is 44.2 Å². The van der Waals surface area contributed by atoms with Crippen LogP contribution in [0.2, 0.25) is 0 Å². The molecule has 1 saturated carbocycles. The molecule has 152 valence electrons. The highest BCUT2D eigenvalue weighted by Gasteiger charge is 2.32. The Morgan fingerprint density at radius 1 is 0.897 bits per heavy atom. The average Bonchev–Trinajstić information content (AvgIpc) is 3.33. The van der Waals surface area contributed by atoms with E-state index >= 15 is 0 Å². The Morgan fingerprint density at radius 3 is 2.14 bits per heavy atom. The minimum atomic E-state index is -0.346. The molecule has 4 rings (SSSR count). The van der Waals surface area contributed by atoms with Gasteiger partial charge >= 0.3 is 0 Å². The zero-order chi connectivity index (χ0) is 20.1. The molecule has 2 aromatic rings. The smallest absolute Gasteiger partial charge is 0.180 e. The van der Waals surface area contributed by atoms with Crippen molar-refractivity contribution in [1.82, 2.24) is 9.80 Å². The summed E-state index contributed by atoms with van der Waals surface area (Å²) in [5.41, 5.74) is 2.92. The maximum absolute atomic E-state index is 13.2. The predicted octanol–water partition coefficient (Wildman–Crippen LogP) is 4.05. The lowest BCUT2D eigenvalue weighted by Crippen LogP contribution is -2.54. The second-order valence-corrected chi connectivity index (χ2v) is 8.24. The number of carbonyl (C=O) groups is 2. The standard InChI is InChI=1S/C25H30N2O2/c28-19-14-24(27-17-15-26(16-18-27)23-8-4-5-9-23)25(29)22-12-10-21(11-13-22)20-6-2-1-3-7-20/h1-3,6-7,10-13,19,23-24H,4-5,8-9,14-18H2. The van der Waals surface area contributed by atoms with E-state index in [-0.39, 0.29) is 18.2 Å². The Bertz CT molecular complexity index is 804. The third-order valence-corrected chi connectivity index (χ3v) is 6.53. The SMILES string of the molecule is O=CCC(C(=O)c1ccc(-c2ccccc2)cc1)N1CCN(C2CCCC2)CC1. The van der Waals surface area contributed by atoms with E-state index in [0.29, 0.717) is 5.56 Å². The first kappa shape index (κ1) is 20.0. The molecule has 2 aliphatic rings. The van der Waals surface area contributed by atoms with Crippen molar-refractivity contribution in [1.29, 1.82) is 0 Å². The van der Waals surface area contributed by atoms with Crippen molar-refractivity contribution in [3.8, 4) is 11.1 Å². The van der Waals surface area contributed by atoms with Crippen molar-refractivity contribution >= 4 is 12.1 Å². The molecular weight excluding hydrogens is 360 g/mol. The van der Waals surface area contributed by atoms with Gasteiger partial charge in [0.05, 0.1) is 6.04 Å². The zero-order valence-electron chi connectivity index (χ0n) is 17.0. The molecule has 1 saturated heterocycles. The molecule has 0 radical (unpaired) electrons. The molecule has 1 aliphatic carbocycles. The summed E-state index contributed by atoms with van der Waals surface area (Å²) in [7, 11) is 0. The van der Waals surface area contributed by atoms with Crippen LogP contribution < -0.4 is 0 Å². The normalized spacial score (nSPS) is 19.9. The molecule has 0 N–H and O–H groups in total. The van der Waals surface area contributed by atoms with Gasteiger partial charge in [-0.2, -0.15) is 0 Å². The summed E-state index contributed by atoms with van der Waals surface area (Å²) in [6.07, 6.45) is 6.47. The molecule has 4 nitrogen and oxygen atoms in total. The zero-order valence-corrected chi connectivity index (χ0v) is 17.0. The number of benzene rings is 2. The van der Waals surface area contributed by atoms with Crippen LogP contribution >= 0.6 is 0 Å². The van der Waals surface area contributed by atoms with E-state index in [1.165, 1.54) is 25.7 Å². The number of carbonyl (C=O) groups excluding carboxylic acids is 2. The minimum Gasteiger partial charge on any atom is -0.303 e. The number of ketones is 1. The largest absolute Gasteiger partial charge is 0.303 e. The Hall–Kier alpha value is -2.30. The molecular formula is C25H30N2O2. The highest BCUT2D eigenvalue weighted by atomic mass is 16.1. The average molecular weight is 391 g/mol. The molecule has 1 unspecified atom stereocenters. The van der Waals surface area contributed by atoms with Crippen LogP contribution in [0.25, 0.3) is 11.1 Å². The molecule has 2 fully saturated rings. The summed E-state index contributed by atoms with van der Waals surface area (Å²) in [6.45, 7) is 3.73. The van der Waals surface area contributed by atoms with E-state index in [9.17, 15) is 9.59 Å². The van der Waals surface area contributed by atoms with Gasteiger partial charge in [-0.15, -0.1) is 0 Å². The van der Waals surface area contributed by atoms with E-state index in [1.807, 2.05) is 42.5 Å². The number of hydrogen-bond donors (Lipinski definition) is 0. The van der Waals surface area contributed by atoms with Crippen molar-refractivity contribution in [3.63, 3.8) is 0 Å². The number of rotatable bonds is 7. The van der Waals surface area contributed by atoms with Crippen LogP contribution in [0.15, 0.2) is 54.6 Å². The molecule has 1 heterocycles. The number of piperazine rings is 1. The molecule has 1 aliphatic heterocycles. The van der Waals surface area contributed by atoms with Crippen LogP contribution in [0, 0.1) is 0 Å². The van der Waals surface area contributed by atoms with E-state index in [0.717, 1.165) is 49.6 Å². The Kier molecular flexibility index (Phi) is 6.53. The summed E-state index contributed by atoms with van der Waals surface area (Å²) in [5.74, 6) is 0.0611. The maximum Gasteiger partial charge on any atom is 0.180 e. The number of nitrogens with zero attached hydrogens (tertiary/aromatic N) is 2. The predicted molar refractivity (Wildman–Crippen MR) is 116 cm³/mol. The van der Waals surface area contributed by atoms with Crippen LogP contribution in [-0.2, 0) is 4.79 Å². The van der Waals surface area contributed by atoms with Gasteiger partial charge in [-0.25, -0.2) is 0 Å². The Labute approximate surface area is 173 Å². The topological polar surface area (TPSA) is 40.6 Å². The fraction of sp³-hybridized carbons (Fsp3) is 0.440. The molecule has 4 heteroatoms. The lowest BCUT2D eigenvalue weighted by molar-refractivity contribution is -0.108. The van der Waals surface area contributed by atoms with Crippen molar-refractivity contribution in [3.05, 3.63) is 60.2 Å². The first-order valence-electron chi connectivity index (χ1n) is 10.9. The number of hydrogen-bond acceptors (Lipinski definition) is 4. The van der Waals surface area contributed by atoms with Gasteiger partial charge in [0.1, 0.15) is 6.29 Å². The second kappa shape index (κ2) is 9.47. The summed E-state index contributed by atoms with van der Waals surface area (Å²) in [4.78, 5) is 29.3. The van der Waals surface area contributed by atoms with E-state index < -0.39 is 0 Å². The molecule has 0 spiro atoms. The van der Waals surface area contributed by atoms with Crippen molar-refractivity contribution in [2.24, 2.45) is 0 Å². The highest BCUT2D eigenvalue weighted by Crippen LogP contribution is 2.26. The molecule has 2 aromatic carbocycles. The Morgan fingerprint density at radius 2 is 1.52 bits per heavy atom. The van der Waals surface area contributed by atoms with Gasteiger partial charge in [-0.05, 0) is 24.0 Å². The van der Waals surface area contributed by atoms with Gasteiger partial charge in [0.2, 0.25) is 0 Å². The van der Waals surface area contributed by atoms with Gasteiger partial charge in [0.15, 0.2) is 5.78 Å². The third kappa shape index (κ3) is 4.65. The quantitative estimate of drug-likeness (QED) is 0.528. The van der Waals surface area contributed by atoms with Crippen LogP contribution in [0.4, 0.5) is 0 Å². The van der Waals surface area contributed by atoms with E-state index in [2.05, 4.69) is 21.9 Å². The van der Waals surface area contributed by atoms with Crippen LogP contribution in [0.3, 0.4) is 0 Å². The molecule has 29 heavy (non-hydrogen) atoms. The first-order chi connectivity index (χ1) is 14.3. The summed E-state index contributed by atoms with van der Waals surface area (Å²) in [5, 5.41) is 0. The third-order valence-electron chi connectivity index (χ3n) is 6.53. The lowest BCUT2D eigenvalue weighted by atomic mass is 9.97. The second-order valence-electron chi connectivity index (χ2n) is 8.24. The van der Waals surface area contributed by atoms with Crippen molar-refractivity contribution in [2.45, 2.75) is 44.2 Å². The van der Waals surface area contributed by atoms with Crippen LogP contribution in [0.1, 0.15) is 42.5 Å². The van der Waals surface area contributed by atoms with Crippen LogP contribution in [-0.4, -0.2) is 60.1 Å². The number of aldehydes is 1. The van der Waals surface area contributed by atoms with E-state index in [1.54, 1.807) is 0 Å². The lowest BCUT2D eigenvalue weighted by Gasteiger charge is -2.40. The first-order valence-corrected chi connectivity index (χ1v) is 10.9. The monoisotopic (exact) mass is 390 g/mol. The van der Waals surface area contributed by atoms with Gasteiger partial charge in [-0.1, -0.05) is 67.4 Å². The minimum absolute atomic E-state index is 0.0611. The Balaban J connectivity index is 1.43. The fourth-order valence-electron chi connectivity index (χ4n) is 4.85. The molecule has 1 atom stereocenters. The summed E-state index contributed by atoms with van der Waals surface area (Å²) < 4.78 is 0. The molecule has 0 bridgehead atoms. The fourth-order valence-corrected chi connectivity index (χ4v) is 4.85. The van der Waals surface area contributed by atoms with Gasteiger partial charge in [-0.3, -0.25) is 14.6 Å². The van der Waals surface area contributed by atoms with Crippen molar-refractivity contribution in [2.75, 3.05) is 26.2 Å². The van der Waals surface area contributed by atoms with Crippen molar-refractivity contribution < 1.29 is 9.59 Å². The maximum atomic E-state index is 13.2. The van der Waals surface area contributed by atoms with Gasteiger partial charge < -0.3 is 4.79 Å². The highest BCUT2D eigenvalue weighted by molar-refractivity contribution is 6.01. The number of Topliss-reactive ketones (excluding diaryl/α,β-unsaturated/α-hetero) is 1.